The lowest BCUT2D eigenvalue weighted by molar-refractivity contribution is 0.673. The predicted octanol–water partition coefficient (Wildman–Crippen LogP) is 8.45. The van der Waals surface area contributed by atoms with Crippen molar-refractivity contribution in [3.8, 4) is 5.69 Å². The van der Waals surface area contributed by atoms with Crippen molar-refractivity contribution in [3.63, 3.8) is 0 Å². The van der Waals surface area contributed by atoms with E-state index >= 15 is 0 Å². The minimum atomic E-state index is 0.928. The molecule has 4 heteroatoms. The summed E-state index contributed by atoms with van der Waals surface area (Å²) in [6.45, 7) is 0. The van der Waals surface area contributed by atoms with Gasteiger partial charge in [-0.25, -0.2) is 0 Å². The maximum absolute atomic E-state index is 6.60. The fourth-order valence-electron chi connectivity index (χ4n) is 5.36. The summed E-state index contributed by atoms with van der Waals surface area (Å²) in [6, 6.07) is 29.8. The molecule has 33 heavy (non-hydrogen) atoms. The summed E-state index contributed by atoms with van der Waals surface area (Å²) < 4.78 is 11.5. The van der Waals surface area contributed by atoms with Crippen molar-refractivity contribution in [3.05, 3.63) is 97.3 Å². The van der Waals surface area contributed by atoms with Crippen molar-refractivity contribution < 1.29 is 4.42 Å². The molecule has 0 spiro atoms. The molecule has 0 bridgehead atoms. The molecule has 4 heterocycles. The first-order valence-electron chi connectivity index (χ1n) is 11.0. The molecule has 8 rings (SSSR count). The summed E-state index contributed by atoms with van der Waals surface area (Å²) in [5.41, 5.74) is 5.28. The number of rotatable bonds is 1. The third kappa shape index (κ3) is 2.16. The topological polar surface area (TPSA) is 31.0 Å². The second-order valence-corrected chi connectivity index (χ2v) is 9.44. The molecule has 0 aliphatic rings. The van der Waals surface area contributed by atoms with E-state index in [-0.39, 0.29) is 0 Å². The van der Waals surface area contributed by atoms with E-state index in [1.807, 2.05) is 35.9 Å². The van der Waals surface area contributed by atoms with Gasteiger partial charge in [-0.1, -0.05) is 54.6 Å². The first-order chi connectivity index (χ1) is 16.4. The highest BCUT2D eigenvalue weighted by Crippen LogP contribution is 2.50. The highest BCUT2D eigenvalue weighted by molar-refractivity contribution is 7.27. The van der Waals surface area contributed by atoms with Crippen LogP contribution in [0.3, 0.4) is 0 Å². The zero-order valence-corrected chi connectivity index (χ0v) is 18.3. The summed E-state index contributed by atoms with van der Waals surface area (Å²) in [5.74, 6) is 0. The maximum Gasteiger partial charge on any atom is 0.146 e. The van der Waals surface area contributed by atoms with Crippen LogP contribution in [0, 0.1) is 0 Å². The Hall–Kier alpha value is -4.15. The molecule has 154 valence electrons. The Labute approximate surface area is 192 Å². The number of thiophene rings is 1. The van der Waals surface area contributed by atoms with Gasteiger partial charge in [-0.05, 0) is 30.3 Å². The van der Waals surface area contributed by atoms with Crippen LogP contribution < -0.4 is 0 Å². The number of furan rings is 1. The van der Waals surface area contributed by atoms with E-state index in [0.29, 0.717) is 0 Å². The molecule has 0 saturated carbocycles. The number of hydrogen-bond acceptors (Lipinski definition) is 3. The Morgan fingerprint density at radius 3 is 2.36 bits per heavy atom. The summed E-state index contributed by atoms with van der Waals surface area (Å²) in [4.78, 5) is 4.44. The smallest absolute Gasteiger partial charge is 0.146 e. The van der Waals surface area contributed by atoms with Crippen molar-refractivity contribution in [2.75, 3.05) is 0 Å². The van der Waals surface area contributed by atoms with Gasteiger partial charge in [0.2, 0.25) is 0 Å². The fourth-order valence-corrected chi connectivity index (χ4v) is 6.62. The third-order valence-corrected chi connectivity index (χ3v) is 7.85. The summed E-state index contributed by atoms with van der Waals surface area (Å²) in [7, 11) is 0. The minimum Gasteiger partial charge on any atom is -0.455 e. The minimum absolute atomic E-state index is 0.928. The maximum atomic E-state index is 6.60. The number of nitrogens with zero attached hydrogens (tertiary/aromatic N) is 2. The number of pyridine rings is 1. The van der Waals surface area contributed by atoms with Gasteiger partial charge in [-0.3, -0.25) is 4.98 Å². The first kappa shape index (κ1) is 17.4. The molecule has 0 saturated heterocycles. The molecule has 4 aromatic heterocycles. The monoisotopic (exact) mass is 440 g/mol. The standard InChI is InChI=1S/C29H16N2OS/c1-4-12-21-18(9-1)24-27(31(21)17-8-7-15-30-16-17)25-20-11-3-6-14-23(20)33-29(25)26-19-10-2-5-13-22(19)32-28(24)26/h1-16H. The molecule has 0 aliphatic carbocycles. The molecular weight excluding hydrogens is 424 g/mol. The van der Waals surface area contributed by atoms with E-state index < -0.39 is 0 Å². The Balaban J connectivity index is 1.80. The summed E-state index contributed by atoms with van der Waals surface area (Å²) in [5, 5.41) is 7.30. The van der Waals surface area contributed by atoms with Crippen LogP contribution in [0.5, 0.6) is 0 Å². The van der Waals surface area contributed by atoms with Crippen molar-refractivity contribution in [1.29, 1.82) is 0 Å². The zero-order valence-electron chi connectivity index (χ0n) is 17.4. The Morgan fingerprint density at radius 2 is 1.48 bits per heavy atom. The van der Waals surface area contributed by atoms with Gasteiger partial charge in [-0.15, -0.1) is 11.3 Å². The van der Waals surface area contributed by atoms with Gasteiger partial charge in [0.05, 0.1) is 28.3 Å². The van der Waals surface area contributed by atoms with Gasteiger partial charge in [0, 0.05) is 42.5 Å². The predicted molar refractivity (Wildman–Crippen MR) is 139 cm³/mol. The molecule has 3 nitrogen and oxygen atoms in total. The normalized spacial score (nSPS) is 12.2. The van der Waals surface area contributed by atoms with Gasteiger partial charge >= 0.3 is 0 Å². The van der Waals surface area contributed by atoms with Crippen LogP contribution >= 0.6 is 11.3 Å². The zero-order chi connectivity index (χ0) is 21.5. The van der Waals surface area contributed by atoms with Gasteiger partial charge in [0.1, 0.15) is 11.2 Å². The quantitative estimate of drug-likeness (QED) is 0.256. The van der Waals surface area contributed by atoms with E-state index in [1.165, 1.54) is 41.8 Å². The second-order valence-electron chi connectivity index (χ2n) is 8.39. The van der Waals surface area contributed by atoms with E-state index in [2.05, 4.69) is 82.3 Å². The molecule has 0 fully saturated rings. The lowest BCUT2D eigenvalue weighted by Gasteiger charge is -2.08. The highest BCUT2D eigenvalue weighted by Gasteiger charge is 2.25. The van der Waals surface area contributed by atoms with E-state index in [4.69, 9.17) is 4.42 Å². The molecular formula is C29H16N2OS. The molecule has 0 aliphatic heterocycles. The second kappa shape index (κ2) is 6.21. The summed E-state index contributed by atoms with van der Waals surface area (Å²) in [6.07, 6.45) is 3.76. The van der Waals surface area contributed by atoms with Crippen LogP contribution in [-0.2, 0) is 0 Å². The van der Waals surface area contributed by atoms with Crippen molar-refractivity contribution in [1.82, 2.24) is 9.55 Å². The molecule has 0 N–H and O–H groups in total. The Bertz CT molecular complexity index is 2000. The Kier molecular flexibility index (Phi) is 3.28. The van der Waals surface area contributed by atoms with Crippen LogP contribution in [0.2, 0.25) is 0 Å². The molecule has 8 aromatic rings. The van der Waals surface area contributed by atoms with Crippen LogP contribution in [0.1, 0.15) is 0 Å². The molecule has 0 unspecified atom stereocenters. The van der Waals surface area contributed by atoms with E-state index in [1.54, 1.807) is 0 Å². The van der Waals surface area contributed by atoms with Gasteiger partial charge in [-0.2, -0.15) is 0 Å². The number of aromatic nitrogens is 2. The average molecular weight is 441 g/mol. The van der Waals surface area contributed by atoms with Crippen LogP contribution in [-0.4, -0.2) is 9.55 Å². The SMILES string of the molecule is c1cncc(-n2c3ccccc3c3c4oc5ccccc5c4c4sc5ccccc5c4c32)c1. The van der Waals surface area contributed by atoms with Crippen LogP contribution in [0.25, 0.3) is 69.6 Å². The average Bonchev–Trinajstić information content (AvgIpc) is 3.53. The number of hydrogen-bond donors (Lipinski definition) is 0. The molecule has 0 amide bonds. The number of para-hydroxylation sites is 2. The van der Waals surface area contributed by atoms with Crippen LogP contribution in [0.4, 0.5) is 0 Å². The first-order valence-corrected chi connectivity index (χ1v) is 11.8. The van der Waals surface area contributed by atoms with Crippen molar-refractivity contribution in [2.24, 2.45) is 0 Å². The van der Waals surface area contributed by atoms with Gasteiger partial charge in [0.15, 0.2) is 0 Å². The Morgan fingerprint density at radius 1 is 0.697 bits per heavy atom. The largest absolute Gasteiger partial charge is 0.455 e. The number of benzene rings is 4. The highest BCUT2D eigenvalue weighted by atomic mass is 32.1. The van der Waals surface area contributed by atoms with Gasteiger partial charge < -0.3 is 8.98 Å². The molecule has 0 atom stereocenters. The van der Waals surface area contributed by atoms with E-state index in [0.717, 1.165) is 27.8 Å². The lowest BCUT2D eigenvalue weighted by Crippen LogP contribution is -1.94. The summed E-state index contributed by atoms with van der Waals surface area (Å²) >= 11 is 1.85. The fraction of sp³-hybridized carbons (Fsp3) is 0. The number of fused-ring (bicyclic) bond motifs is 12. The lowest BCUT2D eigenvalue weighted by atomic mass is 10.0. The van der Waals surface area contributed by atoms with Gasteiger partial charge in [0.25, 0.3) is 0 Å². The van der Waals surface area contributed by atoms with Crippen LogP contribution in [0.15, 0.2) is 102 Å². The van der Waals surface area contributed by atoms with Crippen molar-refractivity contribution in [2.45, 2.75) is 0 Å². The van der Waals surface area contributed by atoms with Crippen molar-refractivity contribution >= 4 is 75.3 Å². The molecule has 0 radical (unpaired) electrons. The third-order valence-electron chi connectivity index (χ3n) is 6.66. The molecule has 4 aromatic carbocycles. The van der Waals surface area contributed by atoms with E-state index in [9.17, 15) is 0 Å².